The molecule has 3 aromatic carbocycles. The number of aromatic carboxylic acids is 1. The van der Waals surface area contributed by atoms with Gasteiger partial charge in [0, 0.05) is 5.56 Å². The van der Waals surface area contributed by atoms with Crippen molar-refractivity contribution in [2.75, 3.05) is 4.90 Å². The lowest BCUT2D eigenvalue weighted by molar-refractivity contribution is 0.0696. The van der Waals surface area contributed by atoms with Crippen molar-refractivity contribution in [2.45, 2.75) is 6.92 Å². The van der Waals surface area contributed by atoms with Gasteiger partial charge in [-0.15, -0.1) is 0 Å². The molecule has 32 heavy (non-hydrogen) atoms. The number of rotatable bonds is 3. The summed E-state index contributed by atoms with van der Waals surface area (Å²) in [4.78, 5) is 55.0. The topological polar surface area (TPSA) is 118 Å². The lowest BCUT2D eigenvalue weighted by atomic mass is 10.1. The van der Waals surface area contributed by atoms with Crippen molar-refractivity contribution < 1.29 is 23.9 Å². The molecule has 4 aromatic rings. The number of hydrogen-bond donors (Lipinski definition) is 1. The molecule has 5 rings (SSSR count). The molecular weight excluding hydrogens is 412 g/mol. The molecule has 156 valence electrons. The molecule has 1 aliphatic heterocycles. The largest absolute Gasteiger partial charge is 0.478 e. The zero-order chi connectivity index (χ0) is 22.6. The number of nitrogens with zero attached hydrogens (tertiary/aromatic N) is 2. The second-order valence-corrected chi connectivity index (χ2v) is 7.34. The quantitative estimate of drug-likeness (QED) is 0.497. The number of aromatic nitrogens is 1. The first kappa shape index (κ1) is 19.4. The van der Waals surface area contributed by atoms with Crippen LogP contribution < -0.4 is 10.5 Å². The van der Waals surface area contributed by atoms with Crippen molar-refractivity contribution >= 4 is 34.4 Å². The van der Waals surface area contributed by atoms with Crippen LogP contribution in [0.15, 0.2) is 69.9 Å². The Morgan fingerprint density at radius 2 is 1.69 bits per heavy atom. The summed E-state index contributed by atoms with van der Waals surface area (Å²) in [6.45, 7) is 1.73. The summed E-state index contributed by atoms with van der Waals surface area (Å²) >= 11 is 0. The molecule has 1 N–H and O–H groups in total. The minimum atomic E-state index is -1.19. The second-order valence-electron chi connectivity index (χ2n) is 7.34. The van der Waals surface area contributed by atoms with Gasteiger partial charge in [-0.1, -0.05) is 18.2 Å². The van der Waals surface area contributed by atoms with Gasteiger partial charge in [0.1, 0.15) is 0 Å². The van der Waals surface area contributed by atoms with Crippen LogP contribution in [-0.4, -0.2) is 27.9 Å². The van der Waals surface area contributed by atoms with Gasteiger partial charge < -0.3 is 9.52 Å². The van der Waals surface area contributed by atoms with Crippen molar-refractivity contribution in [3.05, 3.63) is 93.3 Å². The summed E-state index contributed by atoms with van der Waals surface area (Å²) in [7, 11) is 0. The van der Waals surface area contributed by atoms with Gasteiger partial charge in [0.25, 0.3) is 11.8 Å². The van der Waals surface area contributed by atoms with Crippen LogP contribution in [0.25, 0.3) is 22.4 Å². The van der Waals surface area contributed by atoms with E-state index in [0.29, 0.717) is 27.7 Å². The first-order valence-electron chi connectivity index (χ1n) is 9.62. The second kappa shape index (κ2) is 6.98. The fraction of sp³-hybridized carbons (Fsp3) is 0.0417. The van der Waals surface area contributed by atoms with Gasteiger partial charge in [-0.25, -0.2) is 19.5 Å². The lowest BCUT2D eigenvalue weighted by Gasteiger charge is -2.17. The highest BCUT2D eigenvalue weighted by Crippen LogP contribution is 2.34. The Morgan fingerprint density at radius 3 is 2.47 bits per heavy atom. The van der Waals surface area contributed by atoms with Gasteiger partial charge in [0.15, 0.2) is 0 Å². The number of carboxylic acids is 1. The molecule has 0 atom stereocenters. The molecule has 0 bridgehead atoms. The maximum atomic E-state index is 13.0. The average Bonchev–Trinajstić information content (AvgIpc) is 3.03. The Kier molecular flexibility index (Phi) is 4.23. The zero-order valence-electron chi connectivity index (χ0n) is 16.7. The van der Waals surface area contributed by atoms with E-state index in [1.807, 2.05) is 0 Å². The summed E-state index contributed by atoms with van der Waals surface area (Å²) in [5, 5.41) is 9.55. The molecule has 2 heterocycles. The predicted molar refractivity (Wildman–Crippen MR) is 115 cm³/mol. The van der Waals surface area contributed by atoms with Gasteiger partial charge in [-0.3, -0.25) is 9.59 Å². The minimum Gasteiger partial charge on any atom is -0.478 e. The Balaban J connectivity index is 1.62. The monoisotopic (exact) mass is 426 g/mol. The first-order valence-corrected chi connectivity index (χ1v) is 9.62. The molecule has 1 aromatic heterocycles. The average molecular weight is 426 g/mol. The smallest absolute Gasteiger partial charge is 0.347 e. The molecule has 0 saturated heterocycles. The standard InChI is InChI=1S/C24H14N2O6/c1-12-6-7-13(20-25-18-5-3-2-4-16(18)24(31)32-20)11-19(12)26-21(27)15-9-8-14(23(29)30)10-17(15)22(26)28/h2-11H,1H3,(H,29,30). The summed E-state index contributed by atoms with van der Waals surface area (Å²) in [6, 6.07) is 15.5. The van der Waals surface area contributed by atoms with Crippen LogP contribution in [0.3, 0.4) is 0 Å². The zero-order valence-corrected chi connectivity index (χ0v) is 16.7. The van der Waals surface area contributed by atoms with Crippen molar-refractivity contribution in [3.8, 4) is 11.5 Å². The number of carbonyl (C=O) groups excluding carboxylic acids is 2. The van der Waals surface area contributed by atoms with Gasteiger partial charge >= 0.3 is 11.6 Å². The van der Waals surface area contributed by atoms with Crippen LogP contribution in [0.2, 0.25) is 0 Å². The molecule has 0 aliphatic carbocycles. The summed E-state index contributed by atoms with van der Waals surface area (Å²) in [5.74, 6) is -2.32. The molecule has 8 heteroatoms. The fourth-order valence-corrected chi connectivity index (χ4v) is 3.72. The number of fused-ring (bicyclic) bond motifs is 2. The number of para-hydroxylation sites is 1. The molecule has 0 unspecified atom stereocenters. The number of carboxylic acid groups (broad SMARTS) is 1. The number of anilines is 1. The van der Waals surface area contributed by atoms with Crippen LogP contribution in [0, 0.1) is 6.92 Å². The minimum absolute atomic E-state index is 0.0232. The van der Waals surface area contributed by atoms with E-state index in [9.17, 15) is 24.3 Å². The summed E-state index contributed by atoms with van der Waals surface area (Å²) in [5.41, 5.74) is 1.32. The van der Waals surface area contributed by atoms with E-state index >= 15 is 0 Å². The Morgan fingerprint density at radius 1 is 0.938 bits per heavy atom. The first-order chi connectivity index (χ1) is 15.3. The van der Waals surface area contributed by atoms with E-state index in [2.05, 4.69) is 4.98 Å². The van der Waals surface area contributed by atoms with E-state index in [1.54, 1.807) is 49.4 Å². The molecule has 1 aliphatic rings. The van der Waals surface area contributed by atoms with Gasteiger partial charge in [-0.05, 0) is 55.0 Å². The van der Waals surface area contributed by atoms with E-state index in [-0.39, 0.29) is 22.6 Å². The maximum absolute atomic E-state index is 13.0. The third-order valence-electron chi connectivity index (χ3n) is 5.37. The van der Waals surface area contributed by atoms with Crippen LogP contribution >= 0.6 is 0 Å². The number of benzene rings is 3. The third kappa shape index (κ3) is 2.89. The van der Waals surface area contributed by atoms with Gasteiger partial charge in [0.2, 0.25) is 5.89 Å². The Labute approximate surface area is 180 Å². The van der Waals surface area contributed by atoms with E-state index in [0.717, 1.165) is 4.90 Å². The molecule has 0 fully saturated rings. The van der Waals surface area contributed by atoms with Crippen LogP contribution in [-0.2, 0) is 0 Å². The molecular formula is C24H14N2O6. The Bertz CT molecular complexity index is 1540. The van der Waals surface area contributed by atoms with Crippen molar-refractivity contribution in [1.29, 1.82) is 0 Å². The van der Waals surface area contributed by atoms with Gasteiger partial charge in [-0.2, -0.15) is 0 Å². The lowest BCUT2D eigenvalue weighted by Crippen LogP contribution is -2.30. The van der Waals surface area contributed by atoms with Crippen molar-refractivity contribution in [1.82, 2.24) is 4.98 Å². The summed E-state index contributed by atoms with van der Waals surface area (Å²) in [6.07, 6.45) is 0. The normalized spacial score (nSPS) is 13.0. The van der Waals surface area contributed by atoms with Gasteiger partial charge in [0.05, 0.1) is 33.3 Å². The number of carbonyl (C=O) groups is 3. The van der Waals surface area contributed by atoms with E-state index in [4.69, 9.17) is 4.42 Å². The molecule has 0 spiro atoms. The third-order valence-corrected chi connectivity index (χ3v) is 5.37. The molecule has 2 amide bonds. The summed E-state index contributed by atoms with van der Waals surface area (Å²) < 4.78 is 5.37. The molecule has 0 saturated carbocycles. The Hall–Kier alpha value is -4.59. The maximum Gasteiger partial charge on any atom is 0.347 e. The van der Waals surface area contributed by atoms with Crippen molar-refractivity contribution in [2.24, 2.45) is 0 Å². The van der Waals surface area contributed by atoms with Crippen LogP contribution in [0.5, 0.6) is 0 Å². The predicted octanol–water partition coefficient (Wildman–Crippen LogP) is 3.66. The number of amides is 2. The highest BCUT2D eigenvalue weighted by molar-refractivity contribution is 6.35. The van der Waals surface area contributed by atoms with Crippen LogP contribution in [0.4, 0.5) is 5.69 Å². The van der Waals surface area contributed by atoms with E-state index in [1.165, 1.54) is 18.2 Å². The fourth-order valence-electron chi connectivity index (χ4n) is 3.72. The highest BCUT2D eigenvalue weighted by Gasteiger charge is 2.38. The van der Waals surface area contributed by atoms with Crippen LogP contribution in [0.1, 0.15) is 36.6 Å². The molecule has 0 radical (unpaired) electrons. The van der Waals surface area contributed by atoms with E-state index < -0.39 is 23.4 Å². The SMILES string of the molecule is Cc1ccc(-c2nc3ccccc3c(=O)o2)cc1N1C(=O)c2ccc(C(=O)O)cc2C1=O. The molecule has 8 nitrogen and oxygen atoms in total. The number of hydrogen-bond acceptors (Lipinski definition) is 6. The highest BCUT2D eigenvalue weighted by atomic mass is 16.4. The number of aryl methyl sites for hydroxylation is 1. The van der Waals surface area contributed by atoms with Crippen molar-refractivity contribution in [3.63, 3.8) is 0 Å². The number of imide groups is 1.